The summed E-state index contributed by atoms with van der Waals surface area (Å²) in [5, 5.41) is 0. The van der Waals surface area contributed by atoms with Crippen molar-refractivity contribution in [3.8, 4) is 0 Å². The highest BCUT2D eigenvalue weighted by molar-refractivity contribution is 4.80. The third-order valence-corrected chi connectivity index (χ3v) is 3.44. The zero-order chi connectivity index (χ0) is 13.1. The van der Waals surface area contributed by atoms with Crippen LogP contribution in [0.1, 0.15) is 67.7 Å². The molecule has 0 amide bonds. The Morgan fingerprint density at radius 3 is 2.00 bits per heavy atom. The fourth-order valence-corrected chi connectivity index (χ4v) is 2.41. The SMILES string of the molecule is CC.CC.CCCC1CC(C)N(C)CC1C. The molecule has 3 unspecified atom stereocenters. The van der Waals surface area contributed by atoms with Crippen LogP contribution in [0.2, 0.25) is 0 Å². The van der Waals surface area contributed by atoms with Crippen LogP contribution < -0.4 is 0 Å². The molecule has 1 heterocycles. The minimum absolute atomic E-state index is 0.803. The Balaban J connectivity index is 0. The lowest BCUT2D eigenvalue weighted by Crippen LogP contribution is -2.42. The molecule has 0 radical (unpaired) electrons. The van der Waals surface area contributed by atoms with E-state index < -0.39 is 0 Å². The Labute approximate surface area is 105 Å². The molecule has 0 aromatic carbocycles. The first-order valence-corrected chi connectivity index (χ1v) is 7.35. The van der Waals surface area contributed by atoms with Gasteiger partial charge >= 0.3 is 0 Å². The second kappa shape index (κ2) is 11.4. The predicted octanol–water partition coefficient (Wildman–Crippen LogP) is 4.82. The summed E-state index contributed by atoms with van der Waals surface area (Å²) in [6, 6.07) is 0.803. The van der Waals surface area contributed by atoms with E-state index in [9.17, 15) is 0 Å². The van der Waals surface area contributed by atoms with Crippen LogP contribution in [-0.4, -0.2) is 24.5 Å². The average molecular weight is 229 g/mol. The molecule has 0 spiro atoms. The summed E-state index contributed by atoms with van der Waals surface area (Å²) in [7, 11) is 2.25. The Bertz CT molecular complexity index is 133. The van der Waals surface area contributed by atoms with Gasteiger partial charge in [0.1, 0.15) is 0 Å². The molecule has 0 aliphatic carbocycles. The van der Waals surface area contributed by atoms with E-state index in [0.29, 0.717) is 0 Å². The summed E-state index contributed by atoms with van der Waals surface area (Å²) in [6.07, 6.45) is 4.19. The predicted molar refractivity (Wildman–Crippen MR) is 77.0 cm³/mol. The Morgan fingerprint density at radius 1 is 1.06 bits per heavy atom. The first-order valence-electron chi connectivity index (χ1n) is 7.35. The highest BCUT2D eigenvalue weighted by atomic mass is 15.1. The Kier molecular flexibility index (Phi) is 13.1. The summed E-state index contributed by atoms with van der Waals surface area (Å²) < 4.78 is 0. The van der Waals surface area contributed by atoms with Crippen molar-refractivity contribution in [2.75, 3.05) is 13.6 Å². The fraction of sp³-hybridized carbons (Fsp3) is 1.00. The van der Waals surface area contributed by atoms with Gasteiger partial charge in [0.15, 0.2) is 0 Å². The summed E-state index contributed by atoms with van der Waals surface area (Å²) in [6.45, 7) is 16.4. The van der Waals surface area contributed by atoms with Crippen molar-refractivity contribution in [1.82, 2.24) is 4.90 Å². The van der Waals surface area contributed by atoms with Gasteiger partial charge in [0.2, 0.25) is 0 Å². The van der Waals surface area contributed by atoms with Gasteiger partial charge in [-0.2, -0.15) is 0 Å². The van der Waals surface area contributed by atoms with Crippen molar-refractivity contribution in [2.45, 2.75) is 73.8 Å². The van der Waals surface area contributed by atoms with Gasteiger partial charge in [-0.3, -0.25) is 0 Å². The van der Waals surface area contributed by atoms with Gasteiger partial charge in [-0.1, -0.05) is 54.4 Å². The van der Waals surface area contributed by atoms with Crippen molar-refractivity contribution >= 4 is 0 Å². The maximum absolute atomic E-state index is 2.50. The molecule has 16 heavy (non-hydrogen) atoms. The summed E-state index contributed by atoms with van der Waals surface area (Å²) in [5.41, 5.74) is 0. The van der Waals surface area contributed by atoms with Crippen LogP contribution in [-0.2, 0) is 0 Å². The van der Waals surface area contributed by atoms with Gasteiger partial charge in [0.25, 0.3) is 0 Å². The number of likely N-dealkylation sites (tertiary alicyclic amines) is 1. The molecule has 1 nitrogen and oxygen atoms in total. The van der Waals surface area contributed by atoms with E-state index in [-0.39, 0.29) is 0 Å². The van der Waals surface area contributed by atoms with E-state index in [4.69, 9.17) is 0 Å². The molecule has 3 atom stereocenters. The third kappa shape index (κ3) is 6.52. The van der Waals surface area contributed by atoms with Gasteiger partial charge in [-0.25, -0.2) is 0 Å². The molecule has 1 heteroatoms. The van der Waals surface area contributed by atoms with E-state index >= 15 is 0 Å². The van der Waals surface area contributed by atoms with Crippen molar-refractivity contribution in [3.05, 3.63) is 0 Å². The van der Waals surface area contributed by atoms with Crippen molar-refractivity contribution in [2.24, 2.45) is 11.8 Å². The lowest BCUT2D eigenvalue weighted by atomic mass is 9.81. The number of piperidine rings is 1. The van der Waals surface area contributed by atoms with Gasteiger partial charge in [0.05, 0.1) is 0 Å². The molecule has 1 rings (SSSR count). The molecule has 1 aliphatic rings. The van der Waals surface area contributed by atoms with Gasteiger partial charge < -0.3 is 4.90 Å². The van der Waals surface area contributed by atoms with Crippen molar-refractivity contribution < 1.29 is 0 Å². The second-order valence-corrected chi connectivity index (χ2v) is 4.55. The molecule has 1 saturated heterocycles. The molecule has 0 bridgehead atoms. The number of nitrogens with zero attached hydrogens (tertiary/aromatic N) is 1. The minimum atomic E-state index is 0.803. The van der Waals surface area contributed by atoms with Crippen LogP contribution >= 0.6 is 0 Å². The van der Waals surface area contributed by atoms with Crippen LogP contribution in [0.3, 0.4) is 0 Å². The molecule has 0 aromatic heterocycles. The Hall–Kier alpha value is -0.0400. The van der Waals surface area contributed by atoms with Crippen LogP contribution in [0.15, 0.2) is 0 Å². The van der Waals surface area contributed by atoms with E-state index in [2.05, 4.69) is 32.7 Å². The normalized spacial score (nSPS) is 29.6. The standard InChI is InChI=1S/C11H23N.2C2H6/c1-5-6-11-7-10(3)12(4)8-9(11)2;2*1-2/h9-11H,5-8H2,1-4H3;2*1-2H3. The molecule has 0 saturated carbocycles. The smallest absolute Gasteiger partial charge is 0.00667 e. The zero-order valence-electron chi connectivity index (χ0n) is 13.0. The van der Waals surface area contributed by atoms with E-state index in [0.717, 1.165) is 17.9 Å². The van der Waals surface area contributed by atoms with Crippen LogP contribution in [0, 0.1) is 11.8 Å². The van der Waals surface area contributed by atoms with E-state index in [1.165, 1.54) is 25.8 Å². The highest BCUT2D eigenvalue weighted by Crippen LogP contribution is 2.29. The maximum Gasteiger partial charge on any atom is 0.00667 e. The molecular formula is C15H35N. The van der Waals surface area contributed by atoms with Crippen molar-refractivity contribution in [1.29, 1.82) is 0 Å². The van der Waals surface area contributed by atoms with Gasteiger partial charge in [-0.15, -0.1) is 0 Å². The lowest BCUT2D eigenvalue weighted by molar-refractivity contribution is 0.0975. The zero-order valence-corrected chi connectivity index (χ0v) is 13.0. The maximum atomic E-state index is 2.50. The van der Waals surface area contributed by atoms with Crippen LogP contribution in [0.25, 0.3) is 0 Å². The minimum Gasteiger partial charge on any atom is -0.303 e. The third-order valence-electron chi connectivity index (χ3n) is 3.44. The van der Waals surface area contributed by atoms with E-state index in [1.54, 1.807) is 0 Å². The highest BCUT2D eigenvalue weighted by Gasteiger charge is 2.27. The fourth-order valence-electron chi connectivity index (χ4n) is 2.41. The Morgan fingerprint density at radius 2 is 1.56 bits per heavy atom. The molecule has 1 aliphatic heterocycles. The largest absolute Gasteiger partial charge is 0.303 e. The number of rotatable bonds is 2. The lowest BCUT2D eigenvalue weighted by Gasteiger charge is -2.39. The first kappa shape index (κ1) is 18.3. The molecule has 0 N–H and O–H groups in total. The van der Waals surface area contributed by atoms with Crippen molar-refractivity contribution in [3.63, 3.8) is 0 Å². The summed E-state index contributed by atoms with van der Waals surface area (Å²) >= 11 is 0. The molecule has 0 aromatic rings. The number of hydrogen-bond acceptors (Lipinski definition) is 1. The second-order valence-electron chi connectivity index (χ2n) is 4.55. The average Bonchev–Trinajstić information content (AvgIpc) is 2.31. The number of hydrogen-bond donors (Lipinski definition) is 0. The first-order chi connectivity index (χ1) is 7.65. The van der Waals surface area contributed by atoms with Gasteiger partial charge in [-0.05, 0) is 32.2 Å². The quantitative estimate of drug-likeness (QED) is 0.656. The summed E-state index contributed by atoms with van der Waals surface area (Å²) in [4.78, 5) is 2.50. The molecular weight excluding hydrogens is 194 g/mol. The van der Waals surface area contributed by atoms with Gasteiger partial charge in [0, 0.05) is 12.6 Å². The topological polar surface area (TPSA) is 3.24 Å². The van der Waals surface area contributed by atoms with E-state index in [1.807, 2.05) is 27.7 Å². The monoisotopic (exact) mass is 229 g/mol. The van der Waals surface area contributed by atoms with Crippen LogP contribution in [0.5, 0.6) is 0 Å². The van der Waals surface area contributed by atoms with Crippen LogP contribution in [0.4, 0.5) is 0 Å². The molecule has 100 valence electrons. The summed E-state index contributed by atoms with van der Waals surface area (Å²) in [5.74, 6) is 1.90. The molecule has 1 fully saturated rings.